The van der Waals surface area contributed by atoms with Crippen LogP contribution in [0.15, 0.2) is 0 Å². The van der Waals surface area contributed by atoms with Crippen molar-refractivity contribution in [3.8, 4) is 0 Å². The summed E-state index contributed by atoms with van der Waals surface area (Å²) in [6.45, 7) is 4.52. The zero-order valence-electron chi connectivity index (χ0n) is 12.7. The summed E-state index contributed by atoms with van der Waals surface area (Å²) in [5, 5.41) is 10.4. The molecule has 1 N–H and O–H groups in total. The van der Waals surface area contributed by atoms with Crippen LogP contribution >= 0.6 is 0 Å². The fourth-order valence-corrected chi connectivity index (χ4v) is 3.45. The van der Waals surface area contributed by atoms with Gasteiger partial charge in [0.25, 0.3) is 0 Å². The molecule has 0 aromatic rings. The van der Waals surface area contributed by atoms with Crippen molar-refractivity contribution in [3.05, 3.63) is 0 Å². The summed E-state index contributed by atoms with van der Waals surface area (Å²) in [6, 6.07) is 0. The van der Waals surface area contributed by atoms with E-state index < -0.39 is 0 Å². The van der Waals surface area contributed by atoms with E-state index in [4.69, 9.17) is 0 Å². The van der Waals surface area contributed by atoms with Gasteiger partial charge in [-0.1, -0.05) is 65.2 Å². The van der Waals surface area contributed by atoms with Gasteiger partial charge in [-0.15, -0.1) is 0 Å². The molecular formula is C17H34O. The molecule has 2 atom stereocenters. The second-order valence-electron chi connectivity index (χ2n) is 6.29. The standard InChI is InChI=1S/C17H34O/c1-3-5-7-9-11-15-13-14-16(17(15)18)12-10-8-6-4-2/h15-18H,3-14H2,1-2H3. The van der Waals surface area contributed by atoms with Gasteiger partial charge in [0.05, 0.1) is 6.10 Å². The fourth-order valence-electron chi connectivity index (χ4n) is 3.45. The minimum Gasteiger partial charge on any atom is -0.393 e. The second kappa shape index (κ2) is 9.83. The Labute approximate surface area is 114 Å². The number of aliphatic hydroxyl groups excluding tert-OH is 1. The van der Waals surface area contributed by atoms with E-state index in [1.807, 2.05) is 0 Å². The lowest BCUT2D eigenvalue weighted by molar-refractivity contribution is 0.0814. The summed E-state index contributed by atoms with van der Waals surface area (Å²) in [5.74, 6) is 1.25. The van der Waals surface area contributed by atoms with Crippen LogP contribution in [0, 0.1) is 11.8 Å². The van der Waals surface area contributed by atoms with Gasteiger partial charge in [-0.2, -0.15) is 0 Å². The minimum absolute atomic E-state index is 0.0215. The topological polar surface area (TPSA) is 20.2 Å². The van der Waals surface area contributed by atoms with Crippen LogP contribution in [0.3, 0.4) is 0 Å². The maximum Gasteiger partial charge on any atom is 0.0596 e. The van der Waals surface area contributed by atoms with Gasteiger partial charge in [-0.25, -0.2) is 0 Å². The summed E-state index contributed by atoms with van der Waals surface area (Å²) < 4.78 is 0. The van der Waals surface area contributed by atoms with Gasteiger partial charge < -0.3 is 5.11 Å². The minimum atomic E-state index is 0.0215. The Kier molecular flexibility index (Phi) is 8.75. The van der Waals surface area contributed by atoms with Gasteiger partial charge in [0.15, 0.2) is 0 Å². The first kappa shape index (κ1) is 16.0. The van der Waals surface area contributed by atoms with Crippen LogP contribution in [0.5, 0.6) is 0 Å². The first-order chi connectivity index (χ1) is 8.79. The third kappa shape index (κ3) is 5.73. The Hall–Kier alpha value is -0.0400. The molecule has 1 aliphatic rings. The third-order valence-corrected chi connectivity index (χ3v) is 4.73. The van der Waals surface area contributed by atoms with Crippen molar-refractivity contribution in [1.29, 1.82) is 0 Å². The molecule has 1 aliphatic carbocycles. The molecule has 0 aromatic carbocycles. The molecule has 0 spiro atoms. The van der Waals surface area contributed by atoms with Crippen LogP contribution in [0.1, 0.15) is 90.9 Å². The molecular weight excluding hydrogens is 220 g/mol. The largest absolute Gasteiger partial charge is 0.393 e. The van der Waals surface area contributed by atoms with Gasteiger partial charge in [0.1, 0.15) is 0 Å². The Morgan fingerprint density at radius 3 is 1.56 bits per heavy atom. The highest BCUT2D eigenvalue weighted by Gasteiger charge is 2.33. The van der Waals surface area contributed by atoms with Crippen molar-refractivity contribution in [2.24, 2.45) is 11.8 Å². The molecule has 1 fully saturated rings. The maximum absolute atomic E-state index is 10.4. The molecule has 0 radical (unpaired) electrons. The highest BCUT2D eigenvalue weighted by Crippen LogP contribution is 2.37. The average molecular weight is 254 g/mol. The van der Waals surface area contributed by atoms with E-state index in [1.54, 1.807) is 0 Å². The maximum atomic E-state index is 10.4. The average Bonchev–Trinajstić information content (AvgIpc) is 2.72. The van der Waals surface area contributed by atoms with Gasteiger partial charge in [-0.05, 0) is 37.5 Å². The molecule has 1 nitrogen and oxygen atoms in total. The predicted octanol–water partition coefficient (Wildman–Crippen LogP) is 5.31. The molecule has 1 rings (SSSR count). The monoisotopic (exact) mass is 254 g/mol. The van der Waals surface area contributed by atoms with Crippen molar-refractivity contribution in [2.45, 2.75) is 97.0 Å². The summed E-state index contributed by atoms with van der Waals surface area (Å²) >= 11 is 0. The number of aliphatic hydroxyl groups is 1. The molecule has 0 heterocycles. The lowest BCUT2D eigenvalue weighted by Gasteiger charge is -2.19. The fraction of sp³-hybridized carbons (Fsp3) is 1.00. The zero-order chi connectivity index (χ0) is 13.2. The van der Waals surface area contributed by atoms with E-state index in [-0.39, 0.29) is 6.10 Å². The molecule has 0 amide bonds. The summed E-state index contributed by atoms with van der Waals surface area (Å²) in [5.41, 5.74) is 0. The summed E-state index contributed by atoms with van der Waals surface area (Å²) in [6.07, 6.45) is 15.9. The zero-order valence-corrected chi connectivity index (χ0v) is 12.7. The molecule has 1 heteroatoms. The predicted molar refractivity (Wildman–Crippen MR) is 79.7 cm³/mol. The van der Waals surface area contributed by atoms with Crippen LogP contribution in [-0.2, 0) is 0 Å². The molecule has 0 saturated heterocycles. The Morgan fingerprint density at radius 1 is 0.722 bits per heavy atom. The molecule has 18 heavy (non-hydrogen) atoms. The van der Waals surface area contributed by atoms with Crippen molar-refractivity contribution in [1.82, 2.24) is 0 Å². The van der Waals surface area contributed by atoms with E-state index in [0.717, 1.165) is 0 Å². The van der Waals surface area contributed by atoms with Crippen molar-refractivity contribution < 1.29 is 5.11 Å². The van der Waals surface area contributed by atoms with Crippen molar-refractivity contribution in [3.63, 3.8) is 0 Å². The molecule has 108 valence electrons. The third-order valence-electron chi connectivity index (χ3n) is 4.73. The SMILES string of the molecule is CCCCCCC1CCC(CCCCCC)C1O. The Balaban J connectivity index is 2.10. The second-order valence-corrected chi connectivity index (χ2v) is 6.29. The van der Waals surface area contributed by atoms with Gasteiger partial charge in [0.2, 0.25) is 0 Å². The van der Waals surface area contributed by atoms with Gasteiger partial charge >= 0.3 is 0 Å². The Morgan fingerprint density at radius 2 is 1.17 bits per heavy atom. The Bertz CT molecular complexity index is 170. The van der Waals surface area contributed by atoms with Crippen LogP contribution in [-0.4, -0.2) is 11.2 Å². The molecule has 1 saturated carbocycles. The molecule has 2 unspecified atom stereocenters. The van der Waals surface area contributed by atoms with Crippen LogP contribution in [0.2, 0.25) is 0 Å². The highest BCUT2D eigenvalue weighted by molar-refractivity contribution is 4.84. The first-order valence-corrected chi connectivity index (χ1v) is 8.47. The normalized spacial score (nSPS) is 27.8. The summed E-state index contributed by atoms with van der Waals surface area (Å²) in [7, 11) is 0. The molecule has 0 aromatic heterocycles. The van der Waals surface area contributed by atoms with Crippen LogP contribution in [0.25, 0.3) is 0 Å². The highest BCUT2D eigenvalue weighted by atomic mass is 16.3. The van der Waals surface area contributed by atoms with E-state index in [2.05, 4.69) is 13.8 Å². The van der Waals surface area contributed by atoms with E-state index in [0.29, 0.717) is 11.8 Å². The smallest absolute Gasteiger partial charge is 0.0596 e. The van der Waals surface area contributed by atoms with E-state index in [9.17, 15) is 5.11 Å². The van der Waals surface area contributed by atoms with Crippen molar-refractivity contribution >= 4 is 0 Å². The molecule has 0 aliphatic heterocycles. The van der Waals surface area contributed by atoms with E-state index in [1.165, 1.54) is 77.0 Å². The number of unbranched alkanes of at least 4 members (excludes halogenated alkanes) is 6. The van der Waals surface area contributed by atoms with E-state index >= 15 is 0 Å². The number of hydrogen-bond donors (Lipinski definition) is 1. The number of rotatable bonds is 10. The van der Waals surface area contributed by atoms with Gasteiger partial charge in [0, 0.05) is 0 Å². The van der Waals surface area contributed by atoms with Gasteiger partial charge in [-0.3, -0.25) is 0 Å². The number of hydrogen-bond acceptors (Lipinski definition) is 1. The van der Waals surface area contributed by atoms with Crippen molar-refractivity contribution in [2.75, 3.05) is 0 Å². The van der Waals surface area contributed by atoms with Crippen LogP contribution in [0.4, 0.5) is 0 Å². The van der Waals surface area contributed by atoms with Crippen LogP contribution < -0.4 is 0 Å². The quantitative estimate of drug-likeness (QED) is 0.523. The lowest BCUT2D eigenvalue weighted by atomic mass is 9.92. The first-order valence-electron chi connectivity index (χ1n) is 8.47. The summed E-state index contributed by atoms with van der Waals surface area (Å²) in [4.78, 5) is 0. The lowest BCUT2D eigenvalue weighted by Crippen LogP contribution is -2.21. The molecule has 0 bridgehead atoms.